The minimum atomic E-state index is -0.962. The number of carbonyl (C=O) groups is 2. The summed E-state index contributed by atoms with van der Waals surface area (Å²) < 4.78 is 0. The molecule has 0 spiro atoms. The van der Waals surface area contributed by atoms with Gasteiger partial charge >= 0.3 is 5.97 Å². The molecule has 1 aliphatic heterocycles. The molecule has 5 nitrogen and oxygen atoms in total. The summed E-state index contributed by atoms with van der Waals surface area (Å²) in [5.74, 6) is -1.09. The average Bonchev–Trinajstić information content (AvgIpc) is 2.35. The van der Waals surface area contributed by atoms with E-state index in [-0.39, 0.29) is 5.91 Å². The lowest BCUT2D eigenvalue weighted by molar-refractivity contribution is -0.144. The molecule has 0 bridgehead atoms. The molecular weight excluding hydrogens is 220 g/mol. The van der Waals surface area contributed by atoms with Gasteiger partial charge in [0.2, 0.25) is 5.91 Å². The molecule has 98 valence electrons. The third kappa shape index (κ3) is 3.19. The van der Waals surface area contributed by atoms with Crippen molar-refractivity contribution >= 4 is 11.9 Å². The lowest BCUT2D eigenvalue weighted by atomic mass is 9.77. The smallest absolute Gasteiger partial charge is 0.326 e. The largest absolute Gasteiger partial charge is 0.480 e. The maximum Gasteiger partial charge on any atom is 0.326 e. The van der Waals surface area contributed by atoms with Crippen LogP contribution >= 0.6 is 0 Å². The van der Waals surface area contributed by atoms with Gasteiger partial charge in [0, 0.05) is 6.54 Å². The minimum absolute atomic E-state index is 0.124. The predicted molar refractivity (Wildman–Crippen MR) is 64.7 cm³/mol. The SMILES string of the molecule is CC[C@H](NC(=O)C1(CC)CCCNC1)C(=O)O. The molecule has 1 amide bonds. The van der Waals surface area contributed by atoms with E-state index in [1.807, 2.05) is 6.92 Å². The van der Waals surface area contributed by atoms with Gasteiger partial charge in [-0.15, -0.1) is 0 Å². The highest BCUT2D eigenvalue weighted by Gasteiger charge is 2.39. The van der Waals surface area contributed by atoms with Crippen LogP contribution in [-0.2, 0) is 9.59 Å². The van der Waals surface area contributed by atoms with E-state index in [0.717, 1.165) is 25.8 Å². The standard InChI is InChI=1S/C12H22N2O3/c1-3-9(10(15)16)14-11(17)12(4-2)6-5-7-13-8-12/h9,13H,3-8H2,1-2H3,(H,14,17)(H,15,16)/t9-,12?/m0/s1. The summed E-state index contributed by atoms with van der Waals surface area (Å²) in [7, 11) is 0. The zero-order valence-electron chi connectivity index (χ0n) is 10.6. The fourth-order valence-corrected chi connectivity index (χ4v) is 2.27. The summed E-state index contributed by atoms with van der Waals surface area (Å²) in [5, 5.41) is 14.8. The molecule has 0 aromatic rings. The normalized spacial score (nSPS) is 26.2. The zero-order chi connectivity index (χ0) is 12.9. The molecule has 1 saturated heterocycles. The van der Waals surface area contributed by atoms with Crippen molar-refractivity contribution in [2.24, 2.45) is 5.41 Å². The Morgan fingerprint density at radius 2 is 2.18 bits per heavy atom. The quantitative estimate of drug-likeness (QED) is 0.664. The molecule has 1 heterocycles. The number of carboxylic acids is 1. The van der Waals surface area contributed by atoms with E-state index in [2.05, 4.69) is 10.6 Å². The summed E-state index contributed by atoms with van der Waals surface area (Å²) in [5.41, 5.74) is -0.429. The predicted octanol–water partition coefficient (Wildman–Crippen LogP) is 0.746. The van der Waals surface area contributed by atoms with Gasteiger partial charge in [-0.1, -0.05) is 13.8 Å². The van der Waals surface area contributed by atoms with Crippen LogP contribution in [0, 0.1) is 5.41 Å². The number of rotatable bonds is 5. The Morgan fingerprint density at radius 3 is 2.59 bits per heavy atom. The summed E-state index contributed by atoms with van der Waals surface area (Å²) in [6, 6.07) is -0.771. The first-order valence-electron chi connectivity index (χ1n) is 6.30. The maximum atomic E-state index is 12.2. The summed E-state index contributed by atoms with van der Waals surface area (Å²) in [6.07, 6.45) is 2.94. The van der Waals surface area contributed by atoms with Crippen LogP contribution in [0.25, 0.3) is 0 Å². The first-order chi connectivity index (χ1) is 8.05. The molecule has 17 heavy (non-hydrogen) atoms. The van der Waals surface area contributed by atoms with Crippen LogP contribution in [0.15, 0.2) is 0 Å². The highest BCUT2D eigenvalue weighted by atomic mass is 16.4. The number of carboxylic acid groups (broad SMARTS) is 1. The molecular formula is C12H22N2O3. The van der Waals surface area contributed by atoms with E-state index >= 15 is 0 Å². The van der Waals surface area contributed by atoms with Gasteiger partial charge in [0.05, 0.1) is 5.41 Å². The highest BCUT2D eigenvalue weighted by Crippen LogP contribution is 2.30. The van der Waals surface area contributed by atoms with Gasteiger partial charge in [-0.3, -0.25) is 4.79 Å². The van der Waals surface area contributed by atoms with Crippen LogP contribution in [0.4, 0.5) is 0 Å². The van der Waals surface area contributed by atoms with Crippen molar-refractivity contribution in [2.75, 3.05) is 13.1 Å². The Kier molecular flexibility index (Phi) is 4.93. The molecule has 0 aromatic heterocycles. The number of amides is 1. The van der Waals surface area contributed by atoms with Crippen molar-refractivity contribution in [3.05, 3.63) is 0 Å². The Bertz CT molecular complexity index is 285. The molecule has 1 rings (SSSR count). The minimum Gasteiger partial charge on any atom is -0.480 e. The number of hydrogen-bond acceptors (Lipinski definition) is 3. The van der Waals surface area contributed by atoms with Crippen molar-refractivity contribution in [1.29, 1.82) is 0 Å². The highest BCUT2D eigenvalue weighted by molar-refractivity contribution is 5.87. The molecule has 0 radical (unpaired) electrons. The molecule has 3 N–H and O–H groups in total. The summed E-state index contributed by atoms with van der Waals surface area (Å²) >= 11 is 0. The third-order valence-corrected chi connectivity index (χ3v) is 3.64. The number of piperidine rings is 1. The molecule has 1 aliphatic rings. The Labute approximate surface area is 102 Å². The molecule has 2 atom stereocenters. The second-order valence-electron chi connectivity index (χ2n) is 4.69. The van der Waals surface area contributed by atoms with Crippen molar-refractivity contribution in [2.45, 2.75) is 45.6 Å². The fraction of sp³-hybridized carbons (Fsp3) is 0.833. The first-order valence-corrected chi connectivity index (χ1v) is 6.30. The molecule has 0 aliphatic carbocycles. The van der Waals surface area contributed by atoms with Crippen molar-refractivity contribution in [3.63, 3.8) is 0 Å². The summed E-state index contributed by atoms with van der Waals surface area (Å²) in [4.78, 5) is 23.1. The van der Waals surface area contributed by atoms with Gasteiger partial charge < -0.3 is 15.7 Å². The van der Waals surface area contributed by atoms with Gasteiger partial charge in [0.1, 0.15) is 6.04 Å². The second kappa shape index (κ2) is 6.00. The van der Waals surface area contributed by atoms with Crippen molar-refractivity contribution < 1.29 is 14.7 Å². The van der Waals surface area contributed by atoms with Crippen LogP contribution in [-0.4, -0.2) is 36.1 Å². The van der Waals surface area contributed by atoms with Crippen LogP contribution in [0.5, 0.6) is 0 Å². The maximum absolute atomic E-state index is 12.2. The van der Waals surface area contributed by atoms with Gasteiger partial charge in [-0.05, 0) is 32.2 Å². The van der Waals surface area contributed by atoms with Crippen LogP contribution in [0.2, 0.25) is 0 Å². The molecule has 0 aromatic carbocycles. The third-order valence-electron chi connectivity index (χ3n) is 3.64. The van der Waals surface area contributed by atoms with Gasteiger partial charge in [-0.2, -0.15) is 0 Å². The zero-order valence-corrected chi connectivity index (χ0v) is 10.6. The second-order valence-corrected chi connectivity index (χ2v) is 4.69. The van der Waals surface area contributed by atoms with E-state index in [0.29, 0.717) is 13.0 Å². The lowest BCUT2D eigenvalue weighted by Crippen LogP contribution is -2.53. The molecule has 5 heteroatoms. The van der Waals surface area contributed by atoms with E-state index in [1.54, 1.807) is 6.92 Å². The Morgan fingerprint density at radius 1 is 1.47 bits per heavy atom. The van der Waals surface area contributed by atoms with E-state index < -0.39 is 17.4 Å². The molecule has 1 fully saturated rings. The van der Waals surface area contributed by atoms with E-state index in [4.69, 9.17) is 5.11 Å². The van der Waals surface area contributed by atoms with Crippen LogP contribution in [0.3, 0.4) is 0 Å². The van der Waals surface area contributed by atoms with Crippen LogP contribution in [0.1, 0.15) is 39.5 Å². The molecule has 0 saturated carbocycles. The first kappa shape index (κ1) is 14.0. The molecule has 1 unspecified atom stereocenters. The van der Waals surface area contributed by atoms with Gasteiger partial charge in [0.25, 0.3) is 0 Å². The van der Waals surface area contributed by atoms with E-state index in [1.165, 1.54) is 0 Å². The number of hydrogen-bond donors (Lipinski definition) is 3. The number of nitrogens with one attached hydrogen (secondary N) is 2. The van der Waals surface area contributed by atoms with Gasteiger partial charge in [0.15, 0.2) is 0 Å². The fourth-order valence-electron chi connectivity index (χ4n) is 2.27. The monoisotopic (exact) mass is 242 g/mol. The lowest BCUT2D eigenvalue weighted by Gasteiger charge is -2.36. The topological polar surface area (TPSA) is 78.4 Å². The van der Waals surface area contributed by atoms with E-state index in [9.17, 15) is 9.59 Å². The van der Waals surface area contributed by atoms with Gasteiger partial charge in [-0.25, -0.2) is 4.79 Å². The Balaban J connectivity index is 2.68. The van der Waals surface area contributed by atoms with Crippen LogP contribution < -0.4 is 10.6 Å². The van der Waals surface area contributed by atoms with Crippen molar-refractivity contribution in [3.8, 4) is 0 Å². The Hall–Kier alpha value is -1.10. The number of aliphatic carboxylic acids is 1. The van der Waals surface area contributed by atoms with Crippen molar-refractivity contribution in [1.82, 2.24) is 10.6 Å². The summed E-state index contributed by atoms with van der Waals surface area (Å²) in [6.45, 7) is 5.32. The number of carbonyl (C=O) groups excluding carboxylic acids is 1. The average molecular weight is 242 g/mol.